The molecule has 0 aliphatic carbocycles. The van der Waals surface area contributed by atoms with Gasteiger partial charge in [0.15, 0.2) is 0 Å². The number of ether oxygens (including phenoxy) is 1. The van der Waals surface area contributed by atoms with E-state index in [1.165, 1.54) is 0 Å². The van der Waals surface area contributed by atoms with Crippen molar-refractivity contribution in [2.75, 3.05) is 5.32 Å². The molecule has 3 aromatic carbocycles. The summed E-state index contributed by atoms with van der Waals surface area (Å²) in [6.45, 7) is 3.94. The van der Waals surface area contributed by atoms with Gasteiger partial charge < -0.3 is 10.1 Å². The first kappa shape index (κ1) is 23.5. The third kappa shape index (κ3) is 5.04. The molecule has 0 fully saturated rings. The number of rotatable bonds is 6. The molecule has 0 saturated carbocycles. The summed E-state index contributed by atoms with van der Waals surface area (Å²) in [6.07, 6.45) is -1.13. The van der Waals surface area contributed by atoms with E-state index in [2.05, 4.69) is 5.32 Å². The highest BCUT2D eigenvalue weighted by Gasteiger charge is 2.27. The first-order valence-electron chi connectivity index (χ1n) is 11.6. The lowest BCUT2D eigenvalue weighted by atomic mass is 10.1. The second kappa shape index (κ2) is 10.1. The molecule has 2 aromatic heterocycles. The third-order valence-corrected chi connectivity index (χ3v) is 6.66. The Kier molecular flexibility index (Phi) is 6.60. The van der Waals surface area contributed by atoms with Gasteiger partial charge in [0.05, 0.1) is 21.7 Å². The van der Waals surface area contributed by atoms with Gasteiger partial charge in [0.2, 0.25) is 6.10 Å². The number of pyridine rings is 1. The van der Waals surface area contributed by atoms with Crippen molar-refractivity contribution in [3.63, 3.8) is 0 Å². The van der Waals surface area contributed by atoms with Crippen molar-refractivity contribution in [2.45, 2.75) is 20.0 Å². The summed E-state index contributed by atoms with van der Waals surface area (Å²) in [6, 6.07) is 27.9. The Labute approximate surface area is 213 Å². The van der Waals surface area contributed by atoms with Crippen LogP contribution in [0.2, 0.25) is 0 Å². The number of thiophene rings is 1. The molecule has 5 aromatic rings. The van der Waals surface area contributed by atoms with Crippen molar-refractivity contribution in [3.05, 3.63) is 119 Å². The smallest absolute Gasteiger partial charge is 0.340 e. The Morgan fingerprint density at radius 1 is 0.861 bits per heavy atom. The van der Waals surface area contributed by atoms with Gasteiger partial charge in [-0.15, -0.1) is 11.3 Å². The van der Waals surface area contributed by atoms with E-state index in [0.29, 0.717) is 33.4 Å². The monoisotopic (exact) mass is 492 g/mol. The number of nitrogens with zero attached hydrogens (tertiary/aromatic N) is 1. The number of amides is 1. The molecule has 1 atom stereocenters. The fourth-order valence-corrected chi connectivity index (χ4v) is 4.91. The molecule has 1 amide bonds. The van der Waals surface area contributed by atoms with Gasteiger partial charge in [0, 0.05) is 16.6 Å². The van der Waals surface area contributed by atoms with E-state index in [-0.39, 0.29) is 0 Å². The number of aryl methyl sites for hydroxylation is 2. The van der Waals surface area contributed by atoms with Gasteiger partial charge in [-0.05, 0) is 60.7 Å². The van der Waals surface area contributed by atoms with Crippen LogP contribution in [0.3, 0.4) is 0 Å². The minimum Gasteiger partial charge on any atom is -0.444 e. The fraction of sp³-hybridized carbons (Fsp3) is 0.100. The summed E-state index contributed by atoms with van der Waals surface area (Å²) in [4.78, 5) is 32.7. The summed E-state index contributed by atoms with van der Waals surface area (Å²) >= 11 is 1.55. The Hall–Kier alpha value is -4.29. The number of benzene rings is 3. The average molecular weight is 493 g/mol. The Morgan fingerprint density at radius 2 is 1.58 bits per heavy atom. The van der Waals surface area contributed by atoms with Crippen LogP contribution in [0.5, 0.6) is 0 Å². The molecular weight excluding hydrogens is 468 g/mol. The standard InChI is InChI=1S/C30H24N2O3S/c1-19-15-20(2)17-22(16-19)31-29(33)28(21-9-4-3-5-10-21)35-30(34)24-18-26(27-13-8-14-36-27)32-25-12-7-6-11-23(24)25/h3-18,28H,1-2H3,(H,31,33). The summed E-state index contributed by atoms with van der Waals surface area (Å²) in [5.41, 5.74) is 5.04. The second-order valence-electron chi connectivity index (χ2n) is 8.61. The van der Waals surface area contributed by atoms with Crippen LogP contribution in [0.4, 0.5) is 5.69 Å². The largest absolute Gasteiger partial charge is 0.444 e. The Morgan fingerprint density at radius 3 is 2.31 bits per heavy atom. The van der Waals surface area contributed by atoms with Gasteiger partial charge in [0.25, 0.3) is 5.91 Å². The Balaban J connectivity index is 1.51. The molecular formula is C30H24N2O3S. The molecule has 0 bridgehead atoms. The molecule has 5 rings (SSSR count). The summed E-state index contributed by atoms with van der Waals surface area (Å²) in [7, 11) is 0. The average Bonchev–Trinajstić information content (AvgIpc) is 3.41. The topological polar surface area (TPSA) is 68.3 Å². The van der Waals surface area contributed by atoms with Gasteiger partial charge in [-0.1, -0.05) is 60.7 Å². The quantitative estimate of drug-likeness (QED) is 0.256. The molecule has 1 unspecified atom stereocenters. The van der Waals surface area contributed by atoms with Crippen LogP contribution in [0, 0.1) is 13.8 Å². The molecule has 6 heteroatoms. The SMILES string of the molecule is Cc1cc(C)cc(NC(=O)C(OC(=O)c2cc(-c3cccs3)nc3ccccc23)c2ccccc2)c1. The number of hydrogen-bond donors (Lipinski definition) is 1. The predicted molar refractivity (Wildman–Crippen MR) is 144 cm³/mol. The van der Waals surface area contributed by atoms with E-state index in [1.807, 2.05) is 92.0 Å². The van der Waals surface area contributed by atoms with Crippen molar-refractivity contribution >= 4 is 39.8 Å². The minimum atomic E-state index is -1.13. The van der Waals surface area contributed by atoms with Crippen molar-refractivity contribution in [1.82, 2.24) is 4.98 Å². The Bertz CT molecular complexity index is 1530. The molecule has 5 nitrogen and oxygen atoms in total. The lowest BCUT2D eigenvalue weighted by molar-refractivity contribution is -0.125. The van der Waals surface area contributed by atoms with Crippen molar-refractivity contribution < 1.29 is 14.3 Å². The summed E-state index contributed by atoms with van der Waals surface area (Å²) < 4.78 is 5.92. The number of hydrogen-bond acceptors (Lipinski definition) is 5. The first-order chi connectivity index (χ1) is 17.5. The number of esters is 1. The van der Waals surface area contributed by atoms with Gasteiger partial charge in [-0.25, -0.2) is 9.78 Å². The zero-order valence-corrected chi connectivity index (χ0v) is 20.7. The zero-order chi connectivity index (χ0) is 25.1. The molecule has 36 heavy (non-hydrogen) atoms. The van der Waals surface area contributed by atoms with E-state index < -0.39 is 18.0 Å². The highest BCUT2D eigenvalue weighted by atomic mass is 32.1. The predicted octanol–water partition coefficient (Wildman–Crippen LogP) is 7.12. The van der Waals surface area contributed by atoms with Crippen LogP contribution in [0.15, 0.2) is 96.4 Å². The van der Waals surface area contributed by atoms with Crippen molar-refractivity contribution in [1.29, 1.82) is 0 Å². The lowest BCUT2D eigenvalue weighted by Gasteiger charge is -2.19. The fourth-order valence-electron chi connectivity index (χ4n) is 4.22. The zero-order valence-electron chi connectivity index (χ0n) is 19.9. The molecule has 1 N–H and O–H groups in total. The molecule has 0 aliphatic rings. The number of nitrogens with one attached hydrogen (secondary N) is 1. The molecule has 0 spiro atoms. The van der Waals surface area contributed by atoms with Crippen LogP contribution in [-0.4, -0.2) is 16.9 Å². The number of para-hydroxylation sites is 1. The maximum atomic E-state index is 13.6. The van der Waals surface area contributed by atoms with E-state index in [1.54, 1.807) is 29.5 Å². The van der Waals surface area contributed by atoms with Gasteiger partial charge in [-0.2, -0.15) is 0 Å². The van der Waals surface area contributed by atoms with E-state index >= 15 is 0 Å². The number of carbonyl (C=O) groups is 2. The molecule has 0 aliphatic heterocycles. The van der Waals surface area contributed by atoms with E-state index in [4.69, 9.17) is 9.72 Å². The minimum absolute atomic E-state index is 0.365. The van der Waals surface area contributed by atoms with Crippen molar-refractivity contribution in [2.24, 2.45) is 0 Å². The maximum absolute atomic E-state index is 13.6. The first-order valence-corrected chi connectivity index (χ1v) is 12.4. The molecule has 0 radical (unpaired) electrons. The van der Waals surface area contributed by atoms with E-state index in [9.17, 15) is 9.59 Å². The van der Waals surface area contributed by atoms with E-state index in [0.717, 1.165) is 16.0 Å². The van der Waals surface area contributed by atoms with Crippen LogP contribution in [-0.2, 0) is 9.53 Å². The highest BCUT2D eigenvalue weighted by Crippen LogP contribution is 2.30. The molecule has 0 saturated heterocycles. The molecule has 178 valence electrons. The lowest BCUT2D eigenvalue weighted by Crippen LogP contribution is -2.26. The van der Waals surface area contributed by atoms with Crippen molar-refractivity contribution in [3.8, 4) is 10.6 Å². The summed E-state index contributed by atoms with van der Waals surface area (Å²) in [5.74, 6) is -1.01. The van der Waals surface area contributed by atoms with Crippen LogP contribution in [0.1, 0.15) is 33.2 Å². The van der Waals surface area contributed by atoms with Gasteiger partial charge in [0.1, 0.15) is 0 Å². The van der Waals surface area contributed by atoms with Gasteiger partial charge in [-0.3, -0.25) is 4.79 Å². The second-order valence-corrected chi connectivity index (χ2v) is 9.56. The number of fused-ring (bicyclic) bond motifs is 1. The van der Waals surface area contributed by atoms with Crippen LogP contribution in [0.25, 0.3) is 21.5 Å². The number of anilines is 1. The van der Waals surface area contributed by atoms with Crippen LogP contribution >= 0.6 is 11.3 Å². The summed E-state index contributed by atoms with van der Waals surface area (Å²) in [5, 5.41) is 5.56. The number of aromatic nitrogens is 1. The third-order valence-electron chi connectivity index (χ3n) is 5.76. The highest BCUT2D eigenvalue weighted by molar-refractivity contribution is 7.13. The molecule has 2 heterocycles. The van der Waals surface area contributed by atoms with Crippen LogP contribution < -0.4 is 5.32 Å². The van der Waals surface area contributed by atoms with Gasteiger partial charge >= 0.3 is 5.97 Å². The maximum Gasteiger partial charge on any atom is 0.340 e. The normalized spacial score (nSPS) is 11.7. The number of carbonyl (C=O) groups excluding carboxylic acids is 2.